The van der Waals surface area contributed by atoms with Crippen LogP contribution in [0.5, 0.6) is 0 Å². The molecule has 0 aromatic heterocycles. The zero-order valence-corrected chi connectivity index (χ0v) is 5.57. The molecular formula is CH4PSV-. The minimum atomic E-state index is 0. The Kier molecular flexibility index (Phi) is 157. The van der Waals surface area contributed by atoms with Gasteiger partial charge in [0.05, 0.1) is 0 Å². The van der Waals surface area contributed by atoms with Crippen LogP contribution in [0.25, 0.3) is 0 Å². The molecule has 0 unspecified atom stereocenters. The number of hydrogen-bond donors (Lipinski definition) is 0. The van der Waals surface area contributed by atoms with E-state index in [0.29, 0.717) is 0 Å². The molecule has 0 aromatic carbocycles. The number of hydrogen-bond acceptors (Lipinski definition) is 1. The number of rotatable bonds is 0. The first-order chi connectivity index (χ1) is 1.00. The fraction of sp³-hybridized carbons (Fsp3) is 0. The van der Waals surface area contributed by atoms with E-state index < -0.39 is 0 Å². The average Bonchev–Trinajstić information content (AvgIpc) is 1.00. The Morgan fingerprint density at radius 3 is 1.25 bits per heavy atom. The van der Waals surface area contributed by atoms with E-state index in [0.717, 1.165) is 0 Å². The monoisotopic (exact) mass is 130 g/mol. The van der Waals surface area contributed by atoms with Crippen molar-refractivity contribution in [2.45, 2.75) is 0 Å². The second-order valence-electron chi connectivity index (χ2n) is 0. The first-order valence-electron chi connectivity index (χ1n) is 0.204. The van der Waals surface area contributed by atoms with Crippen LogP contribution in [-0.2, 0) is 30.4 Å². The molecule has 0 N–H and O–H groups in total. The van der Waals surface area contributed by atoms with Gasteiger partial charge in [0, 0.05) is 18.6 Å². The maximum absolute atomic E-state index is 3.89. The van der Waals surface area contributed by atoms with E-state index >= 15 is 0 Å². The molecule has 0 spiro atoms. The van der Waals surface area contributed by atoms with Crippen molar-refractivity contribution in [2.24, 2.45) is 0 Å². The summed E-state index contributed by atoms with van der Waals surface area (Å²) in [5.41, 5.74) is 0. The molecule has 0 fully saturated rings. The van der Waals surface area contributed by atoms with E-state index in [4.69, 9.17) is 0 Å². The summed E-state index contributed by atoms with van der Waals surface area (Å²) < 4.78 is 0. The predicted molar refractivity (Wildman–Crippen MR) is 22.1 cm³/mol. The van der Waals surface area contributed by atoms with E-state index in [-0.39, 0.29) is 26.0 Å². The van der Waals surface area contributed by atoms with Crippen LogP contribution >= 0.6 is 8.02 Å². The SMILES string of the molecule is P=S.[CH3-].[V]. The van der Waals surface area contributed by atoms with Gasteiger partial charge in [-0.05, 0) is 8.02 Å². The van der Waals surface area contributed by atoms with E-state index in [2.05, 4.69) is 19.8 Å². The van der Waals surface area contributed by atoms with Crippen molar-refractivity contribution in [2.75, 3.05) is 0 Å². The zero-order valence-electron chi connectivity index (χ0n) is 2.36. The first kappa shape index (κ1) is 19.4. The van der Waals surface area contributed by atoms with E-state index in [1.807, 2.05) is 0 Å². The molecule has 0 saturated heterocycles. The standard InChI is InChI=1S/CH3.HPS.V/c;1-2;/h1H3;1H;/q-1;;. The van der Waals surface area contributed by atoms with Gasteiger partial charge >= 0.3 is 0 Å². The van der Waals surface area contributed by atoms with Gasteiger partial charge in [0.25, 0.3) is 0 Å². The zero-order chi connectivity index (χ0) is 2.00. The minimum Gasteiger partial charge on any atom is -0.358 e. The van der Waals surface area contributed by atoms with Crippen molar-refractivity contribution in [1.82, 2.24) is 0 Å². The Morgan fingerprint density at radius 2 is 1.25 bits per heavy atom. The quantitative estimate of drug-likeness (QED) is 0.348. The molecule has 0 atom stereocenters. The van der Waals surface area contributed by atoms with Gasteiger partial charge in [0.2, 0.25) is 0 Å². The smallest absolute Gasteiger partial charge is 0 e. The fourth-order valence-corrected chi connectivity index (χ4v) is 0. The van der Waals surface area contributed by atoms with Gasteiger partial charge in [0.1, 0.15) is 0 Å². The van der Waals surface area contributed by atoms with Crippen molar-refractivity contribution in [3.05, 3.63) is 7.43 Å². The van der Waals surface area contributed by atoms with Gasteiger partial charge in [0.15, 0.2) is 0 Å². The molecular weight excluding hydrogens is 126 g/mol. The van der Waals surface area contributed by atoms with Crippen LogP contribution in [0.15, 0.2) is 0 Å². The van der Waals surface area contributed by atoms with Crippen molar-refractivity contribution in [3.8, 4) is 0 Å². The summed E-state index contributed by atoms with van der Waals surface area (Å²) in [6.07, 6.45) is 0. The molecule has 0 rings (SSSR count). The third-order valence-corrected chi connectivity index (χ3v) is 0. The summed E-state index contributed by atoms with van der Waals surface area (Å²) in [5, 5.41) is 0. The molecule has 0 nitrogen and oxygen atoms in total. The van der Waals surface area contributed by atoms with Crippen LogP contribution < -0.4 is 0 Å². The molecule has 4 heavy (non-hydrogen) atoms. The van der Waals surface area contributed by atoms with Gasteiger partial charge in [-0.15, -0.1) is 0 Å². The van der Waals surface area contributed by atoms with E-state index in [9.17, 15) is 0 Å². The van der Waals surface area contributed by atoms with Crippen LogP contribution in [0.4, 0.5) is 0 Å². The molecule has 3 heteroatoms. The average molecular weight is 130 g/mol. The van der Waals surface area contributed by atoms with Gasteiger partial charge in [-0.25, -0.2) is 0 Å². The maximum atomic E-state index is 3.89. The Morgan fingerprint density at radius 1 is 1.25 bits per heavy atom. The molecule has 0 saturated carbocycles. The van der Waals surface area contributed by atoms with Crippen LogP contribution in [0.2, 0.25) is 0 Å². The summed E-state index contributed by atoms with van der Waals surface area (Å²) >= 11 is 3.89. The van der Waals surface area contributed by atoms with E-state index in [1.165, 1.54) is 0 Å². The minimum absolute atomic E-state index is 0. The Labute approximate surface area is 46.1 Å². The Bertz CT molecular complexity index is 8.00. The molecule has 0 bridgehead atoms. The summed E-state index contributed by atoms with van der Waals surface area (Å²) in [6, 6.07) is 0. The molecule has 0 amide bonds. The van der Waals surface area contributed by atoms with Crippen LogP contribution in [0.3, 0.4) is 0 Å². The fourth-order valence-electron chi connectivity index (χ4n) is 0. The summed E-state index contributed by atoms with van der Waals surface area (Å²) in [5.74, 6) is 0. The normalized spacial score (nSPS) is 1.00. The van der Waals surface area contributed by atoms with Gasteiger partial charge in [-0.1, -0.05) is 11.8 Å². The van der Waals surface area contributed by atoms with Gasteiger partial charge < -0.3 is 7.43 Å². The summed E-state index contributed by atoms with van der Waals surface area (Å²) in [7, 11) is 2.56. The molecule has 0 heterocycles. The van der Waals surface area contributed by atoms with Crippen molar-refractivity contribution < 1.29 is 18.6 Å². The van der Waals surface area contributed by atoms with Crippen LogP contribution in [0.1, 0.15) is 0 Å². The van der Waals surface area contributed by atoms with Crippen molar-refractivity contribution in [1.29, 1.82) is 0 Å². The van der Waals surface area contributed by atoms with Crippen LogP contribution in [-0.4, -0.2) is 0 Å². The third-order valence-electron chi connectivity index (χ3n) is 0. The van der Waals surface area contributed by atoms with E-state index in [1.54, 1.807) is 0 Å². The Balaban J connectivity index is -0.00000000500. The molecule has 0 aliphatic heterocycles. The molecule has 1 radical (unpaired) electrons. The van der Waals surface area contributed by atoms with Crippen molar-refractivity contribution >= 4 is 19.8 Å². The molecule has 0 aliphatic rings. The van der Waals surface area contributed by atoms with Gasteiger partial charge in [-0.2, -0.15) is 0 Å². The predicted octanol–water partition coefficient (Wildman–Crippen LogP) is 1.04. The summed E-state index contributed by atoms with van der Waals surface area (Å²) in [4.78, 5) is 0. The topological polar surface area (TPSA) is 0 Å². The first-order valence-corrected chi connectivity index (χ1v) is 1.84. The van der Waals surface area contributed by atoms with Crippen LogP contribution in [0, 0.1) is 7.43 Å². The molecule has 0 aliphatic carbocycles. The second kappa shape index (κ2) is 32.4. The van der Waals surface area contributed by atoms with Crippen molar-refractivity contribution in [3.63, 3.8) is 0 Å². The molecule has 0 aromatic rings. The maximum Gasteiger partial charge on any atom is 0 e. The summed E-state index contributed by atoms with van der Waals surface area (Å²) in [6.45, 7) is 0. The largest absolute Gasteiger partial charge is 0.358 e. The van der Waals surface area contributed by atoms with Gasteiger partial charge in [-0.3, -0.25) is 0 Å². The molecule has 25 valence electrons. The second-order valence-corrected chi connectivity index (χ2v) is 0. The third kappa shape index (κ3) is 11.3. The Hall–Kier alpha value is 1.10.